The Balaban J connectivity index is 2.99. The van der Waals surface area contributed by atoms with Crippen molar-refractivity contribution in [3.8, 4) is 0 Å². The molecule has 0 saturated carbocycles. The molecular weight excluding hydrogens is 218 g/mol. The van der Waals surface area contributed by atoms with Crippen LogP contribution in [-0.2, 0) is 4.74 Å². The van der Waals surface area contributed by atoms with Crippen molar-refractivity contribution >= 4 is 11.3 Å². The Morgan fingerprint density at radius 1 is 1.38 bits per heavy atom. The van der Waals surface area contributed by atoms with Gasteiger partial charge in [0.25, 0.3) is 0 Å². The monoisotopic (exact) mass is 241 g/mol. The Kier molecular flexibility index (Phi) is 5.46. The average Bonchev–Trinajstić information content (AvgIpc) is 2.84. The van der Waals surface area contributed by atoms with E-state index in [1.54, 1.807) is 11.3 Å². The van der Waals surface area contributed by atoms with Crippen LogP contribution in [0.3, 0.4) is 0 Å². The van der Waals surface area contributed by atoms with E-state index in [9.17, 15) is 0 Å². The highest BCUT2D eigenvalue weighted by atomic mass is 32.1. The van der Waals surface area contributed by atoms with Crippen LogP contribution < -0.4 is 5.32 Å². The van der Waals surface area contributed by atoms with Gasteiger partial charge < -0.3 is 10.1 Å². The minimum Gasteiger partial charge on any atom is -0.376 e. The van der Waals surface area contributed by atoms with E-state index in [1.807, 2.05) is 7.11 Å². The molecule has 0 aliphatic rings. The van der Waals surface area contributed by atoms with E-state index in [1.165, 1.54) is 5.56 Å². The maximum atomic E-state index is 5.82. The lowest BCUT2D eigenvalue weighted by Crippen LogP contribution is -2.44. The number of rotatable bonds is 7. The smallest absolute Gasteiger partial charge is 0.0867 e. The van der Waals surface area contributed by atoms with Crippen LogP contribution >= 0.6 is 11.3 Å². The second-order valence-electron chi connectivity index (χ2n) is 4.02. The van der Waals surface area contributed by atoms with Crippen LogP contribution in [0.25, 0.3) is 0 Å². The Labute approximate surface area is 103 Å². The summed E-state index contributed by atoms with van der Waals surface area (Å²) >= 11 is 1.75. The van der Waals surface area contributed by atoms with Crippen LogP contribution in [0, 0.1) is 0 Å². The van der Waals surface area contributed by atoms with Gasteiger partial charge >= 0.3 is 0 Å². The van der Waals surface area contributed by atoms with Gasteiger partial charge in [0.2, 0.25) is 0 Å². The standard InChI is InChI=1S/C13H23NOS/c1-5-13(6-2,15-4)12(14-7-3)11-8-9-16-10-11/h8-10,12,14H,5-7H2,1-4H3. The van der Waals surface area contributed by atoms with Gasteiger partial charge in [0.1, 0.15) is 0 Å². The van der Waals surface area contributed by atoms with Crippen LogP contribution in [0.2, 0.25) is 0 Å². The molecule has 1 N–H and O–H groups in total. The van der Waals surface area contributed by atoms with Crippen LogP contribution in [0.15, 0.2) is 16.8 Å². The van der Waals surface area contributed by atoms with E-state index in [4.69, 9.17) is 4.74 Å². The molecule has 0 fully saturated rings. The normalized spacial score (nSPS) is 14.0. The molecule has 1 aromatic heterocycles. The molecule has 0 saturated heterocycles. The lowest BCUT2D eigenvalue weighted by atomic mass is 9.85. The fourth-order valence-corrected chi connectivity index (χ4v) is 3.00. The van der Waals surface area contributed by atoms with Gasteiger partial charge in [-0.05, 0) is 41.8 Å². The predicted octanol–water partition coefficient (Wildman–Crippen LogP) is 3.60. The molecule has 0 bridgehead atoms. The molecule has 0 aromatic carbocycles. The first-order valence-electron chi connectivity index (χ1n) is 6.04. The van der Waals surface area contributed by atoms with Gasteiger partial charge in [-0.1, -0.05) is 20.8 Å². The largest absolute Gasteiger partial charge is 0.376 e. The molecule has 1 atom stereocenters. The van der Waals surface area contributed by atoms with E-state index in [2.05, 4.69) is 42.9 Å². The average molecular weight is 241 g/mol. The Bertz CT molecular complexity index is 272. The SMILES string of the molecule is CCNC(c1ccsc1)C(CC)(CC)OC. The Hall–Kier alpha value is -0.380. The van der Waals surface area contributed by atoms with Crippen LogP contribution in [-0.4, -0.2) is 19.3 Å². The predicted molar refractivity (Wildman–Crippen MR) is 71.1 cm³/mol. The number of hydrogen-bond donors (Lipinski definition) is 1. The van der Waals surface area contributed by atoms with Crippen LogP contribution in [0.5, 0.6) is 0 Å². The molecule has 0 spiro atoms. The maximum Gasteiger partial charge on any atom is 0.0867 e. The fourth-order valence-electron chi connectivity index (χ4n) is 2.32. The summed E-state index contributed by atoms with van der Waals surface area (Å²) < 4.78 is 5.82. The molecule has 0 aliphatic heterocycles. The number of nitrogens with one attached hydrogen (secondary N) is 1. The van der Waals surface area contributed by atoms with Crippen molar-refractivity contribution in [2.24, 2.45) is 0 Å². The van der Waals surface area contributed by atoms with Crippen LogP contribution in [0.4, 0.5) is 0 Å². The molecule has 0 aliphatic carbocycles. The van der Waals surface area contributed by atoms with Crippen molar-refractivity contribution in [2.75, 3.05) is 13.7 Å². The molecule has 1 aromatic rings. The molecule has 0 amide bonds. The second kappa shape index (κ2) is 6.38. The number of thiophene rings is 1. The van der Waals surface area contributed by atoms with Crippen molar-refractivity contribution in [1.82, 2.24) is 5.32 Å². The topological polar surface area (TPSA) is 21.3 Å². The summed E-state index contributed by atoms with van der Waals surface area (Å²) in [7, 11) is 1.82. The van der Waals surface area contributed by atoms with Crippen molar-refractivity contribution in [1.29, 1.82) is 0 Å². The lowest BCUT2D eigenvalue weighted by molar-refractivity contribution is -0.0481. The van der Waals surface area contributed by atoms with E-state index in [0.717, 1.165) is 19.4 Å². The van der Waals surface area contributed by atoms with Gasteiger partial charge in [-0.2, -0.15) is 11.3 Å². The van der Waals surface area contributed by atoms with Gasteiger partial charge in [0.05, 0.1) is 11.6 Å². The molecule has 92 valence electrons. The third-order valence-electron chi connectivity index (χ3n) is 3.41. The third kappa shape index (κ3) is 2.65. The van der Waals surface area contributed by atoms with E-state index in [0.29, 0.717) is 6.04 Å². The van der Waals surface area contributed by atoms with Crippen molar-refractivity contribution in [3.05, 3.63) is 22.4 Å². The van der Waals surface area contributed by atoms with Crippen molar-refractivity contribution < 1.29 is 4.74 Å². The highest BCUT2D eigenvalue weighted by molar-refractivity contribution is 7.07. The summed E-state index contributed by atoms with van der Waals surface area (Å²) in [5, 5.41) is 7.91. The van der Waals surface area contributed by atoms with Gasteiger partial charge in [0, 0.05) is 7.11 Å². The van der Waals surface area contributed by atoms with Crippen LogP contribution in [0.1, 0.15) is 45.2 Å². The van der Waals surface area contributed by atoms with Gasteiger partial charge in [-0.15, -0.1) is 0 Å². The van der Waals surface area contributed by atoms with Gasteiger partial charge in [0.15, 0.2) is 0 Å². The first-order chi connectivity index (χ1) is 7.74. The number of hydrogen-bond acceptors (Lipinski definition) is 3. The summed E-state index contributed by atoms with van der Waals surface area (Å²) in [6.45, 7) is 7.50. The molecular formula is C13H23NOS. The zero-order chi connectivity index (χ0) is 12.0. The van der Waals surface area contributed by atoms with Gasteiger partial charge in [-0.25, -0.2) is 0 Å². The number of methoxy groups -OCH3 is 1. The first kappa shape index (κ1) is 13.7. The zero-order valence-corrected chi connectivity index (χ0v) is 11.6. The number of ether oxygens (including phenoxy) is 1. The molecule has 1 unspecified atom stereocenters. The Morgan fingerprint density at radius 3 is 2.44 bits per heavy atom. The highest BCUT2D eigenvalue weighted by Crippen LogP contribution is 2.35. The Morgan fingerprint density at radius 2 is 2.06 bits per heavy atom. The molecule has 0 radical (unpaired) electrons. The summed E-state index contributed by atoms with van der Waals surface area (Å²) in [6, 6.07) is 2.49. The molecule has 1 heterocycles. The summed E-state index contributed by atoms with van der Waals surface area (Å²) in [5.41, 5.74) is 1.26. The van der Waals surface area contributed by atoms with Crippen molar-refractivity contribution in [2.45, 2.75) is 45.3 Å². The summed E-state index contributed by atoms with van der Waals surface area (Å²) in [4.78, 5) is 0. The maximum absolute atomic E-state index is 5.82. The quantitative estimate of drug-likeness (QED) is 0.787. The molecule has 16 heavy (non-hydrogen) atoms. The first-order valence-corrected chi connectivity index (χ1v) is 6.99. The molecule has 1 rings (SSSR count). The van der Waals surface area contributed by atoms with E-state index in [-0.39, 0.29) is 5.60 Å². The number of likely N-dealkylation sites (N-methyl/N-ethyl adjacent to an activating group) is 1. The fraction of sp³-hybridized carbons (Fsp3) is 0.692. The third-order valence-corrected chi connectivity index (χ3v) is 4.12. The van der Waals surface area contributed by atoms with Gasteiger partial charge in [-0.3, -0.25) is 0 Å². The lowest BCUT2D eigenvalue weighted by Gasteiger charge is -2.38. The summed E-state index contributed by atoms with van der Waals surface area (Å²) in [5.74, 6) is 0. The zero-order valence-electron chi connectivity index (χ0n) is 10.7. The molecule has 2 nitrogen and oxygen atoms in total. The second-order valence-corrected chi connectivity index (χ2v) is 4.80. The van der Waals surface area contributed by atoms with Crippen molar-refractivity contribution in [3.63, 3.8) is 0 Å². The minimum absolute atomic E-state index is 0.0862. The van der Waals surface area contributed by atoms with E-state index < -0.39 is 0 Å². The highest BCUT2D eigenvalue weighted by Gasteiger charge is 2.36. The summed E-state index contributed by atoms with van der Waals surface area (Å²) in [6.07, 6.45) is 2.04. The van der Waals surface area contributed by atoms with E-state index >= 15 is 0 Å². The molecule has 3 heteroatoms. The minimum atomic E-state index is -0.0862.